The summed E-state index contributed by atoms with van der Waals surface area (Å²) >= 11 is 0. The lowest BCUT2D eigenvalue weighted by molar-refractivity contribution is -0.132. The Morgan fingerprint density at radius 3 is 2.39 bits per heavy atom. The van der Waals surface area contributed by atoms with E-state index in [4.69, 9.17) is 4.74 Å². The molecule has 2 aromatic carbocycles. The van der Waals surface area contributed by atoms with E-state index >= 15 is 0 Å². The van der Waals surface area contributed by atoms with Crippen LogP contribution in [0.5, 0.6) is 5.75 Å². The van der Waals surface area contributed by atoms with Gasteiger partial charge in [0.2, 0.25) is 5.91 Å². The van der Waals surface area contributed by atoms with E-state index in [1.54, 1.807) is 53.4 Å². The van der Waals surface area contributed by atoms with Gasteiger partial charge in [-0.3, -0.25) is 14.4 Å². The summed E-state index contributed by atoms with van der Waals surface area (Å²) in [4.78, 5) is 38.8. The van der Waals surface area contributed by atoms with Crippen molar-refractivity contribution in [3.8, 4) is 5.75 Å². The van der Waals surface area contributed by atoms with E-state index in [0.29, 0.717) is 28.6 Å². The number of benzene rings is 2. The van der Waals surface area contributed by atoms with Crippen LogP contribution in [0.2, 0.25) is 0 Å². The summed E-state index contributed by atoms with van der Waals surface area (Å²) in [5.41, 5.74) is 1.61. The zero-order valence-electron chi connectivity index (χ0n) is 17.6. The Kier molecular flexibility index (Phi) is 6.21. The first-order valence-corrected chi connectivity index (χ1v) is 10.7. The molecule has 1 heterocycles. The van der Waals surface area contributed by atoms with Crippen LogP contribution in [-0.4, -0.2) is 42.3 Å². The minimum Gasteiger partial charge on any atom is -0.484 e. The number of nitrogens with zero attached hydrogens (tertiary/aromatic N) is 1. The molecule has 1 aliphatic heterocycles. The van der Waals surface area contributed by atoms with Gasteiger partial charge in [-0.15, -0.1) is 0 Å². The summed E-state index contributed by atoms with van der Waals surface area (Å²) in [6, 6.07) is 13.8. The monoisotopic (exact) mass is 421 g/mol. The Morgan fingerprint density at radius 1 is 1.00 bits per heavy atom. The maximum atomic E-state index is 12.7. The lowest BCUT2D eigenvalue weighted by atomic mass is 10.1. The first kappa shape index (κ1) is 20.9. The van der Waals surface area contributed by atoms with Gasteiger partial charge in [0.05, 0.1) is 0 Å². The van der Waals surface area contributed by atoms with Gasteiger partial charge in [-0.25, -0.2) is 0 Å². The van der Waals surface area contributed by atoms with Crippen LogP contribution in [0.1, 0.15) is 36.5 Å². The van der Waals surface area contributed by atoms with Crippen LogP contribution in [0.25, 0.3) is 0 Å². The van der Waals surface area contributed by atoms with Gasteiger partial charge in [-0.1, -0.05) is 19.1 Å². The summed E-state index contributed by atoms with van der Waals surface area (Å²) in [5.74, 6) is 0.695. The molecule has 2 N–H and O–H groups in total. The van der Waals surface area contributed by atoms with E-state index in [2.05, 4.69) is 10.6 Å². The van der Waals surface area contributed by atoms with Crippen molar-refractivity contribution >= 4 is 29.1 Å². The van der Waals surface area contributed by atoms with Crippen LogP contribution in [0, 0.1) is 11.8 Å². The molecule has 2 atom stereocenters. The van der Waals surface area contributed by atoms with Gasteiger partial charge in [0.1, 0.15) is 5.75 Å². The Balaban J connectivity index is 1.34. The second-order valence-corrected chi connectivity index (χ2v) is 8.25. The second-order valence-electron chi connectivity index (χ2n) is 8.25. The van der Waals surface area contributed by atoms with Crippen LogP contribution >= 0.6 is 0 Å². The molecular formula is C24H27N3O4. The van der Waals surface area contributed by atoms with Gasteiger partial charge >= 0.3 is 0 Å². The highest BCUT2D eigenvalue weighted by Gasteiger charge is 2.39. The molecule has 2 aromatic rings. The van der Waals surface area contributed by atoms with Crippen LogP contribution in [0.3, 0.4) is 0 Å². The minimum absolute atomic E-state index is 0.00149. The normalized spacial score (nSPS) is 19.6. The van der Waals surface area contributed by atoms with E-state index in [-0.39, 0.29) is 30.2 Å². The van der Waals surface area contributed by atoms with Crippen molar-refractivity contribution in [2.75, 3.05) is 30.3 Å². The highest BCUT2D eigenvalue weighted by atomic mass is 16.5. The number of hydrogen-bond donors (Lipinski definition) is 2. The Hall–Kier alpha value is -3.35. The second kappa shape index (κ2) is 9.20. The van der Waals surface area contributed by atoms with Gasteiger partial charge in [-0.05, 0) is 55.5 Å². The third-order valence-electron chi connectivity index (χ3n) is 5.75. The smallest absolute Gasteiger partial charge is 0.260 e. The van der Waals surface area contributed by atoms with Gasteiger partial charge in [0, 0.05) is 42.0 Å². The average molecular weight is 421 g/mol. The first-order valence-electron chi connectivity index (χ1n) is 10.7. The van der Waals surface area contributed by atoms with Crippen molar-refractivity contribution in [3.05, 3.63) is 54.1 Å². The molecule has 0 spiro atoms. The maximum absolute atomic E-state index is 12.7. The van der Waals surface area contributed by atoms with Crippen LogP contribution in [0.4, 0.5) is 11.4 Å². The van der Waals surface area contributed by atoms with E-state index in [1.165, 1.54) is 0 Å². The molecule has 0 aromatic heterocycles. The fourth-order valence-electron chi connectivity index (χ4n) is 3.73. The number of ether oxygens (including phenoxy) is 1. The predicted octanol–water partition coefficient (Wildman–Crippen LogP) is 3.53. The minimum atomic E-state index is -0.291. The Labute approximate surface area is 181 Å². The van der Waals surface area contributed by atoms with Crippen molar-refractivity contribution in [2.24, 2.45) is 11.8 Å². The lowest BCUT2D eigenvalue weighted by Gasteiger charge is -2.15. The number of nitrogens with one attached hydrogen (secondary N) is 2. The van der Waals surface area contributed by atoms with E-state index in [9.17, 15) is 14.4 Å². The summed E-state index contributed by atoms with van der Waals surface area (Å²) in [6.07, 6.45) is 2.99. The molecule has 162 valence electrons. The maximum Gasteiger partial charge on any atom is 0.260 e. The van der Waals surface area contributed by atoms with Crippen molar-refractivity contribution < 1.29 is 19.1 Å². The van der Waals surface area contributed by atoms with Crippen molar-refractivity contribution in [1.82, 2.24) is 4.90 Å². The molecular weight excluding hydrogens is 394 g/mol. The largest absolute Gasteiger partial charge is 0.484 e. The van der Waals surface area contributed by atoms with Gasteiger partial charge in [-0.2, -0.15) is 0 Å². The molecule has 4 rings (SSSR count). The molecule has 7 heteroatoms. The molecule has 3 amide bonds. The highest BCUT2D eigenvalue weighted by molar-refractivity contribution is 6.05. The zero-order chi connectivity index (χ0) is 21.8. The van der Waals surface area contributed by atoms with Gasteiger partial charge < -0.3 is 20.3 Å². The van der Waals surface area contributed by atoms with Gasteiger partial charge in [0.25, 0.3) is 11.8 Å². The highest BCUT2D eigenvalue weighted by Crippen LogP contribution is 2.38. The first-order chi connectivity index (χ1) is 15.0. The summed E-state index contributed by atoms with van der Waals surface area (Å²) in [7, 11) is 0. The number of anilines is 2. The SMILES string of the molecule is CC1CC1C(=O)Nc1cccc(C(=O)Nc2cccc(OCC(=O)N3CCCC3)c2)c1. The topological polar surface area (TPSA) is 87.7 Å². The number of amides is 3. The standard InChI is InChI=1S/C24H27N3O4/c1-16-12-21(16)24(30)26-18-7-4-6-17(13-18)23(29)25-19-8-5-9-20(14-19)31-15-22(28)27-10-2-3-11-27/h4-9,13-14,16,21H,2-3,10-12,15H2,1H3,(H,25,29)(H,26,30). The Morgan fingerprint density at radius 2 is 1.68 bits per heavy atom. The third kappa shape index (κ3) is 5.42. The number of carbonyl (C=O) groups is 3. The molecule has 2 fully saturated rings. The number of rotatable bonds is 7. The average Bonchev–Trinajstić information content (AvgIpc) is 3.25. The molecule has 2 aliphatic rings. The molecule has 31 heavy (non-hydrogen) atoms. The fourth-order valence-corrected chi connectivity index (χ4v) is 3.73. The summed E-state index contributed by atoms with van der Waals surface area (Å²) in [5, 5.41) is 5.72. The van der Waals surface area contributed by atoms with Crippen LogP contribution in [-0.2, 0) is 9.59 Å². The number of likely N-dealkylation sites (tertiary alicyclic amines) is 1. The molecule has 1 saturated carbocycles. The quantitative estimate of drug-likeness (QED) is 0.716. The van der Waals surface area contributed by atoms with Crippen LogP contribution in [0.15, 0.2) is 48.5 Å². The molecule has 0 bridgehead atoms. The van der Waals surface area contributed by atoms with Crippen LogP contribution < -0.4 is 15.4 Å². The summed E-state index contributed by atoms with van der Waals surface area (Å²) in [6.45, 7) is 3.61. The molecule has 0 radical (unpaired) electrons. The Bertz CT molecular complexity index is 984. The molecule has 7 nitrogen and oxygen atoms in total. The molecule has 2 unspecified atom stereocenters. The molecule has 1 saturated heterocycles. The third-order valence-corrected chi connectivity index (χ3v) is 5.75. The zero-order valence-corrected chi connectivity index (χ0v) is 17.6. The predicted molar refractivity (Wildman–Crippen MR) is 118 cm³/mol. The van der Waals surface area contributed by atoms with Gasteiger partial charge in [0.15, 0.2) is 6.61 Å². The van der Waals surface area contributed by atoms with E-state index in [0.717, 1.165) is 32.4 Å². The lowest BCUT2D eigenvalue weighted by Crippen LogP contribution is -2.32. The van der Waals surface area contributed by atoms with E-state index < -0.39 is 0 Å². The molecule has 1 aliphatic carbocycles. The van der Waals surface area contributed by atoms with Crippen molar-refractivity contribution in [3.63, 3.8) is 0 Å². The van der Waals surface area contributed by atoms with Crippen molar-refractivity contribution in [1.29, 1.82) is 0 Å². The number of hydrogen-bond acceptors (Lipinski definition) is 4. The van der Waals surface area contributed by atoms with E-state index in [1.807, 2.05) is 6.92 Å². The number of carbonyl (C=O) groups excluding carboxylic acids is 3. The summed E-state index contributed by atoms with van der Waals surface area (Å²) < 4.78 is 5.62. The fraction of sp³-hybridized carbons (Fsp3) is 0.375. The van der Waals surface area contributed by atoms with Crippen molar-refractivity contribution in [2.45, 2.75) is 26.2 Å².